The van der Waals surface area contributed by atoms with Gasteiger partial charge in [0.2, 0.25) is 5.91 Å². The average molecular weight is 219 g/mol. The van der Waals surface area contributed by atoms with Crippen LogP contribution < -0.4 is 5.32 Å². The molecule has 2 heteroatoms. The highest BCUT2D eigenvalue weighted by Crippen LogP contribution is 2.15. The Kier molecular flexibility index (Phi) is 4.53. The van der Waals surface area contributed by atoms with Crippen molar-refractivity contribution in [2.24, 2.45) is 0 Å². The van der Waals surface area contributed by atoms with Crippen LogP contribution in [0.1, 0.15) is 35.6 Å². The van der Waals surface area contributed by atoms with E-state index >= 15 is 0 Å². The monoisotopic (exact) mass is 219 g/mol. The van der Waals surface area contributed by atoms with E-state index in [2.05, 4.69) is 38.2 Å². The molecule has 0 aliphatic carbocycles. The molecule has 0 atom stereocenters. The van der Waals surface area contributed by atoms with Gasteiger partial charge in [-0.05, 0) is 49.4 Å². The number of aryl methyl sites for hydroxylation is 3. The first-order chi connectivity index (χ1) is 7.54. The van der Waals surface area contributed by atoms with Crippen LogP contribution in [0, 0.1) is 20.8 Å². The summed E-state index contributed by atoms with van der Waals surface area (Å²) in [5.74, 6) is 0.126. The predicted octanol–water partition coefficient (Wildman–Crippen LogP) is 2.68. The first-order valence-corrected chi connectivity index (χ1v) is 5.88. The lowest BCUT2D eigenvalue weighted by atomic mass is 9.99. The Morgan fingerprint density at radius 3 is 2.38 bits per heavy atom. The zero-order chi connectivity index (χ0) is 12.1. The van der Waals surface area contributed by atoms with Crippen LogP contribution in [0.5, 0.6) is 0 Å². The zero-order valence-electron chi connectivity index (χ0n) is 10.7. The molecule has 0 saturated heterocycles. The fourth-order valence-electron chi connectivity index (χ4n) is 1.75. The number of benzene rings is 1. The van der Waals surface area contributed by atoms with E-state index in [1.807, 2.05) is 6.92 Å². The Labute approximate surface area is 98.1 Å². The van der Waals surface area contributed by atoms with Gasteiger partial charge in [0.15, 0.2) is 0 Å². The number of hydrogen-bond acceptors (Lipinski definition) is 1. The Bertz CT molecular complexity index is 383. The minimum atomic E-state index is 0.126. The smallest absolute Gasteiger partial charge is 0.219 e. The van der Waals surface area contributed by atoms with Gasteiger partial charge in [-0.25, -0.2) is 0 Å². The van der Waals surface area contributed by atoms with E-state index in [1.165, 1.54) is 22.3 Å². The number of carbonyl (C=O) groups is 1. The quantitative estimate of drug-likeness (QED) is 0.828. The molecule has 88 valence electrons. The highest BCUT2D eigenvalue weighted by atomic mass is 16.1. The van der Waals surface area contributed by atoms with Gasteiger partial charge in [0, 0.05) is 13.0 Å². The fraction of sp³-hybridized carbons (Fsp3) is 0.500. The zero-order valence-corrected chi connectivity index (χ0v) is 10.7. The molecular weight excluding hydrogens is 198 g/mol. The molecule has 0 spiro atoms. The molecule has 0 aliphatic rings. The maximum Gasteiger partial charge on any atom is 0.219 e. The van der Waals surface area contributed by atoms with Gasteiger partial charge in [-0.3, -0.25) is 4.79 Å². The number of hydrogen-bond donors (Lipinski definition) is 1. The molecular formula is C14H21NO. The third-order valence-corrected chi connectivity index (χ3v) is 2.99. The van der Waals surface area contributed by atoms with Gasteiger partial charge in [0.1, 0.15) is 0 Å². The van der Waals surface area contributed by atoms with E-state index in [0.717, 1.165) is 13.0 Å². The molecule has 1 rings (SSSR count). The maximum atomic E-state index is 11.1. The first kappa shape index (κ1) is 12.8. The van der Waals surface area contributed by atoms with E-state index in [9.17, 15) is 4.79 Å². The van der Waals surface area contributed by atoms with Gasteiger partial charge >= 0.3 is 0 Å². The highest BCUT2D eigenvalue weighted by molar-refractivity contribution is 5.75. The normalized spacial score (nSPS) is 10.2. The summed E-state index contributed by atoms with van der Waals surface area (Å²) in [6.45, 7) is 8.99. The summed E-state index contributed by atoms with van der Waals surface area (Å²) < 4.78 is 0. The summed E-state index contributed by atoms with van der Waals surface area (Å²) in [5, 5.41) is 2.90. The predicted molar refractivity (Wildman–Crippen MR) is 67.7 cm³/mol. The summed E-state index contributed by atoms with van der Waals surface area (Å²) in [4.78, 5) is 11.1. The molecule has 1 aromatic carbocycles. The lowest BCUT2D eigenvalue weighted by Gasteiger charge is -2.10. The fourth-order valence-corrected chi connectivity index (χ4v) is 1.75. The molecule has 0 unspecified atom stereocenters. The second kappa shape index (κ2) is 5.69. The molecule has 1 N–H and O–H groups in total. The van der Waals surface area contributed by atoms with Crippen molar-refractivity contribution in [3.63, 3.8) is 0 Å². The minimum Gasteiger partial charge on any atom is -0.356 e. The van der Waals surface area contributed by atoms with Crippen LogP contribution in [-0.2, 0) is 11.2 Å². The lowest BCUT2D eigenvalue weighted by Crippen LogP contribution is -2.24. The Morgan fingerprint density at radius 2 is 1.75 bits per heavy atom. The topological polar surface area (TPSA) is 29.1 Å². The van der Waals surface area contributed by atoms with Crippen LogP contribution in [0.3, 0.4) is 0 Å². The summed E-state index contributed by atoms with van der Waals surface area (Å²) in [5.41, 5.74) is 5.30. The van der Waals surface area contributed by atoms with E-state index in [0.29, 0.717) is 6.42 Å². The summed E-state index contributed by atoms with van der Waals surface area (Å²) >= 11 is 0. The van der Waals surface area contributed by atoms with Crippen LogP contribution in [0.25, 0.3) is 0 Å². The Morgan fingerprint density at radius 1 is 1.12 bits per heavy atom. The van der Waals surface area contributed by atoms with Crippen molar-refractivity contribution in [2.75, 3.05) is 6.54 Å². The molecule has 16 heavy (non-hydrogen) atoms. The summed E-state index contributed by atoms with van der Waals surface area (Å²) in [7, 11) is 0. The maximum absolute atomic E-state index is 11.1. The Balaban J connectivity index is 2.60. The van der Waals surface area contributed by atoms with E-state index in [4.69, 9.17) is 0 Å². The van der Waals surface area contributed by atoms with Crippen molar-refractivity contribution in [1.29, 1.82) is 0 Å². The van der Waals surface area contributed by atoms with Crippen LogP contribution in [0.4, 0.5) is 0 Å². The third kappa shape index (κ3) is 3.37. The largest absolute Gasteiger partial charge is 0.356 e. The van der Waals surface area contributed by atoms with Crippen LogP contribution in [0.2, 0.25) is 0 Å². The molecule has 0 aliphatic heterocycles. The third-order valence-electron chi connectivity index (χ3n) is 2.99. The molecule has 0 fully saturated rings. The van der Waals surface area contributed by atoms with Crippen molar-refractivity contribution in [3.8, 4) is 0 Å². The van der Waals surface area contributed by atoms with Crippen molar-refractivity contribution in [3.05, 3.63) is 34.4 Å². The van der Waals surface area contributed by atoms with E-state index < -0.39 is 0 Å². The summed E-state index contributed by atoms with van der Waals surface area (Å²) in [6.07, 6.45) is 1.48. The number of nitrogens with one attached hydrogen (secondary N) is 1. The van der Waals surface area contributed by atoms with Crippen molar-refractivity contribution in [2.45, 2.75) is 40.5 Å². The van der Waals surface area contributed by atoms with Crippen molar-refractivity contribution >= 4 is 5.91 Å². The number of carbonyl (C=O) groups excluding carboxylic acids is 1. The minimum absolute atomic E-state index is 0.126. The first-order valence-electron chi connectivity index (χ1n) is 5.88. The van der Waals surface area contributed by atoms with Gasteiger partial charge < -0.3 is 5.32 Å². The molecule has 0 aromatic heterocycles. The van der Waals surface area contributed by atoms with Gasteiger partial charge in [-0.15, -0.1) is 0 Å². The SMILES string of the molecule is CCC(=O)NCCc1cc(C)c(C)cc1C. The number of amides is 1. The van der Waals surface area contributed by atoms with Crippen LogP contribution in [0.15, 0.2) is 12.1 Å². The molecule has 1 aromatic rings. The van der Waals surface area contributed by atoms with Crippen LogP contribution in [-0.4, -0.2) is 12.5 Å². The molecule has 0 saturated carbocycles. The van der Waals surface area contributed by atoms with E-state index in [-0.39, 0.29) is 5.91 Å². The Hall–Kier alpha value is -1.31. The molecule has 0 radical (unpaired) electrons. The second-order valence-electron chi connectivity index (χ2n) is 4.32. The second-order valence-corrected chi connectivity index (χ2v) is 4.32. The molecule has 1 amide bonds. The van der Waals surface area contributed by atoms with Gasteiger partial charge in [-0.2, -0.15) is 0 Å². The highest BCUT2D eigenvalue weighted by Gasteiger charge is 2.02. The molecule has 0 bridgehead atoms. The standard InChI is InChI=1S/C14H21NO/c1-5-14(16)15-7-6-13-9-11(3)10(2)8-12(13)4/h8-9H,5-7H2,1-4H3,(H,15,16). The van der Waals surface area contributed by atoms with Crippen molar-refractivity contribution < 1.29 is 4.79 Å². The average Bonchev–Trinajstić information content (AvgIpc) is 2.25. The van der Waals surface area contributed by atoms with Gasteiger partial charge in [0.05, 0.1) is 0 Å². The van der Waals surface area contributed by atoms with Crippen LogP contribution >= 0.6 is 0 Å². The van der Waals surface area contributed by atoms with Crippen molar-refractivity contribution in [1.82, 2.24) is 5.32 Å². The number of rotatable bonds is 4. The van der Waals surface area contributed by atoms with Gasteiger partial charge in [-0.1, -0.05) is 19.1 Å². The van der Waals surface area contributed by atoms with Gasteiger partial charge in [0.25, 0.3) is 0 Å². The van der Waals surface area contributed by atoms with E-state index in [1.54, 1.807) is 0 Å². The summed E-state index contributed by atoms with van der Waals surface area (Å²) in [6, 6.07) is 4.44. The molecule has 2 nitrogen and oxygen atoms in total. The lowest BCUT2D eigenvalue weighted by molar-refractivity contribution is -0.120. The molecule has 0 heterocycles.